The molecule has 0 bridgehead atoms. The summed E-state index contributed by atoms with van der Waals surface area (Å²) in [6.45, 7) is 2.04. The molecule has 0 aliphatic rings. The van der Waals surface area contributed by atoms with Gasteiger partial charge in [0.1, 0.15) is 11.7 Å². The van der Waals surface area contributed by atoms with E-state index in [2.05, 4.69) is 20.4 Å². The summed E-state index contributed by atoms with van der Waals surface area (Å²) < 4.78 is 5.25. The van der Waals surface area contributed by atoms with E-state index in [9.17, 15) is 4.79 Å². The van der Waals surface area contributed by atoms with Crippen molar-refractivity contribution < 1.29 is 9.32 Å². The van der Waals surface area contributed by atoms with Gasteiger partial charge >= 0.3 is 0 Å². The van der Waals surface area contributed by atoms with E-state index >= 15 is 0 Å². The second kappa shape index (κ2) is 7.15. The van der Waals surface area contributed by atoms with Crippen LogP contribution in [-0.4, -0.2) is 21.0 Å². The van der Waals surface area contributed by atoms with Crippen LogP contribution in [0.5, 0.6) is 0 Å². The number of aromatic nitrogens is 3. The molecule has 3 aromatic rings. The largest absolute Gasteiger partial charge is 0.339 e. The number of thiazole rings is 1. The first-order valence-corrected chi connectivity index (χ1v) is 8.28. The Kier molecular flexibility index (Phi) is 4.77. The van der Waals surface area contributed by atoms with Crippen LogP contribution in [-0.2, 0) is 6.42 Å². The minimum atomic E-state index is -0.472. The monoisotopic (exact) mass is 328 g/mol. The number of rotatable bonds is 6. The lowest BCUT2D eigenvalue weighted by Crippen LogP contribution is -2.30. The second-order valence-corrected chi connectivity index (χ2v) is 5.71. The fourth-order valence-electron chi connectivity index (χ4n) is 2.17. The molecule has 1 N–H and O–H groups in total. The average molecular weight is 328 g/mol. The first-order valence-electron chi connectivity index (χ1n) is 7.34. The SMILES string of the molecule is CCCc1nc(C(NC(=O)c2cscn2)c2ccccc2)no1. The fourth-order valence-corrected chi connectivity index (χ4v) is 2.70. The van der Waals surface area contributed by atoms with E-state index in [1.807, 2.05) is 37.3 Å². The molecule has 7 heteroatoms. The van der Waals surface area contributed by atoms with Crippen molar-refractivity contribution in [2.45, 2.75) is 25.8 Å². The van der Waals surface area contributed by atoms with Crippen LogP contribution >= 0.6 is 11.3 Å². The number of carbonyl (C=O) groups is 1. The Balaban J connectivity index is 1.88. The lowest BCUT2D eigenvalue weighted by Gasteiger charge is -2.15. The zero-order chi connectivity index (χ0) is 16.1. The molecule has 0 spiro atoms. The highest BCUT2D eigenvalue weighted by Crippen LogP contribution is 2.20. The van der Waals surface area contributed by atoms with Gasteiger partial charge in [0, 0.05) is 11.8 Å². The van der Waals surface area contributed by atoms with Crippen LogP contribution in [0.4, 0.5) is 0 Å². The summed E-state index contributed by atoms with van der Waals surface area (Å²) in [4.78, 5) is 20.8. The van der Waals surface area contributed by atoms with Crippen molar-refractivity contribution in [2.24, 2.45) is 0 Å². The summed E-state index contributed by atoms with van der Waals surface area (Å²) in [5, 5.41) is 8.66. The number of nitrogens with zero attached hydrogens (tertiary/aromatic N) is 3. The van der Waals surface area contributed by atoms with Gasteiger partial charge in [0.05, 0.1) is 5.51 Å². The Morgan fingerprint density at radius 1 is 1.35 bits per heavy atom. The van der Waals surface area contributed by atoms with Crippen molar-refractivity contribution in [3.63, 3.8) is 0 Å². The maximum Gasteiger partial charge on any atom is 0.271 e. The molecule has 2 heterocycles. The van der Waals surface area contributed by atoms with Gasteiger partial charge in [0.25, 0.3) is 5.91 Å². The van der Waals surface area contributed by atoms with E-state index in [1.165, 1.54) is 11.3 Å². The number of hydrogen-bond acceptors (Lipinski definition) is 6. The molecule has 0 aliphatic carbocycles. The predicted octanol–water partition coefficient (Wildman–Crippen LogP) is 3.00. The standard InChI is InChI=1S/C16H16N4O2S/c1-2-6-13-18-15(20-22-13)14(11-7-4-3-5-8-11)19-16(21)12-9-23-10-17-12/h3-5,7-10,14H,2,6H2,1H3,(H,19,21). The van der Waals surface area contributed by atoms with Gasteiger partial charge < -0.3 is 9.84 Å². The molecule has 0 radical (unpaired) electrons. The summed E-state index contributed by atoms with van der Waals surface area (Å²) in [7, 11) is 0. The number of hydrogen-bond donors (Lipinski definition) is 1. The van der Waals surface area contributed by atoms with E-state index < -0.39 is 6.04 Å². The summed E-state index contributed by atoms with van der Waals surface area (Å²) in [6.07, 6.45) is 1.64. The number of aryl methyl sites for hydroxylation is 1. The molecule has 118 valence electrons. The molecule has 1 unspecified atom stereocenters. The number of nitrogens with one attached hydrogen (secondary N) is 1. The highest BCUT2D eigenvalue weighted by Gasteiger charge is 2.23. The lowest BCUT2D eigenvalue weighted by atomic mass is 10.1. The first-order chi connectivity index (χ1) is 11.3. The maximum atomic E-state index is 12.3. The van der Waals surface area contributed by atoms with Crippen LogP contribution < -0.4 is 5.32 Å². The van der Waals surface area contributed by atoms with Gasteiger partial charge in [-0.2, -0.15) is 4.98 Å². The van der Waals surface area contributed by atoms with Gasteiger partial charge in [0.2, 0.25) is 5.89 Å². The summed E-state index contributed by atoms with van der Waals surface area (Å²) >= 11 is 1.38. The topological polar surface area (TPSA) is 80.9 Å². The highest BCUT2D eigenvalue weighted by atomic mass is 32.1. The molecule has 1 aromatic carbocycles. The van der Waals surface area contributed by atoms with Crippen LogP contribution in [0.25, 0.3) is 0 Å². The number of carbonyl (C=O) groups excluding carboxylic acids is 1. The van der Waals surface area contributed by atoms with E-state index in [1.54, 1.807) is 10.9 Å². The summed E-state index contributed by atoms with van der Waals surface area (Å²) in [5.41, 5.74) is 2.90. The number of amides is 1. The van der Waals surface area contributed by atoms with E-state index in [-0.39, 0.29) is 5.91 Å². The van der Waals surface area contributed by atoms with Crippen molar-refractivity contribution in [1.82, 2.24) is 20.4 Å². The predicted molar refractivity (Wildman–Crippen MR) is 86.2 cm³/mol. The highest BCUT2D eigenvalue weighted by molar-refractivity contribution is 7.07. The minimum absolute atomic E-state index is 0.262. The zero-order valence-corrected chi connectivity index (χ0v) is 13.4. The molecule has 0 saturated carbocycles. The molecule has 1 atom stereocenters. The van der Waals surface area contributed by atoms with Crippen LogP contribution in [0.3, 0.4) is 0 Å². The Morgan fingerprint density at radius 3 is 2.87 bits per heavy atom. The normalized spacial score (nSPS) is 12.0. The lowest BCUT2D eigenvalue weighted by molar-refractivity contribution is 0.0937. The molecule has 2 aromatic heterocycles. The fraction of sp³-hybridized carbons (Fsp3) is 0.250. The quantitative estimate of drug-likeness (QED) is 0.752. The van der Waals surface area contributed by atoms with Gasteiger partial charge in [-0.3, -0.25) is 4.79 Å². The molecule has 1 amide bonds. The van der Waals surface area contributed by atoms with Gasteiger partial charge in [-0.25, -0.2) is 4.98 Å². The third-order valence-corrected chi connectivity index (χ3v) is 3.87. The van der Waals surface area contributed by atoms with Gasteiger partial charge in [0.15, 0.2) is 5.82 Å². The Morgan fingerprint density at radius 2 is 2.17 bits per heavy atom. The molecule has 0 aliphatic heterocycles. The van der Waals surface area contributed by atoms with Crippen LogP contribution in [0.1, 0.15) is 47.2 Å². The maximum absolute atomic E-state index is 12.3. The van der Waals surface area contributed by atoms with Crippen LogP contribution in [0.2, 0.25) is 0 Å². The zero-order valence-electron chi connectivity index (χ0n) is 12.6. The van der Waals surface area contributed by atoms with Crippen molar-refractivity contribution in [3.8, 4) is 0 Å². The number of benzene rings is 1. The summed E-state index contributed by atoms with van der Waals surface area (Å²) in [5.74, 6) is 0.761. The van der Waals surface area contributed by atoms with Crippen LogP contribution in [0, 0.1) is 0 Å². The molecule has 23 heavy (non-hydrogen) atoms. The van der Waals surface area contributed by atoms with E-state index in [4.69, 9.17) is 4.52 Å². The van der Waals surface area contributed by atoms with Crippen molar-refractivity contribution in [1.29, 1.82) is 0 Å². The minimum Gasteiger partial charge on any atom is -0.339 e. The molecule has 0 saturated heterocycles. The summed E-state index contributed by atoms with van der Waals surface area (Å²) in [6, 6.07) is 9.10. The molecular formula is C16H16N4O2S. The molecular weight excluding hydrogens is 312 g/mol. The molecule has 0 fully saturated rings. The Hall–Kier alpha value is -2.54. The van der Waals surface area contributed by atoms with E-state index in [0.29, 0.717) is 23.8 Å². The van der Waals surface area contributed by atoms with Crippen LogP contribution in [0.15, 0.2) is 45.7 Å². The molecule has 3 rings (SSSR count). The van der Waals surface area contributed by atoms with Gasteiger partial charge in [-0.15, -0.1) is 11.3 Å². The second-order valence-electron chi connectivity index (χ2n) is 4.99. The smallest absolute Gasteiger partial charge is 0.271 e. The third-order valence-electron chi connectivity index (χ3n) is 3.28. The van der Waals surface area contributed by atoms with Gasteiger partial charge in [-0.1, -0.05) is 42.4 Å². The Labute approximate surface area is 137 Å². The molecule has 6 nitrogen and oxygen atoms in total. The van der Waals surface area contributed by atoms with Crippen molar-refractivity contribution >= 4 is 17.2 Å². The third kappa shape index (κ3) is 3.62. The first kappa shape index (κ1) is 15.4. The van der Waals surface area contributed by atoms with Gasteiger partial charge in [-0.05, 0) is 12.0 Å². The average Bonchev–Trinajstić information content (AvgIpc) is 3.25. The van der Waals surface area contributed by atoms with Crippen molar-refractivity contribution in [2.75, 3.05) is 0 Å². The van der Waals surface area contributed by atoms with Crippen molar-refractivity contribution in [3.05, 3.63) is 64.2 Å². The van der Waals surface area contributed by atoms with E-state index in [0.717, 1.165) is 12.0 Å². The Bertz CT molecular complexity index is 756.